The summed E-state index contributed by atoms with van der Waals surface area (Å²) in [7, 11) is 1.44. The van der Waals surface area contributed by atoms with Crippen LogP contribution in [0.25, 0.3) is 0 Å². The Morgan fingerprint density at radius 2 is 2.18 bits per heavy atom. The zero-order chi connectivity index (χ0) is 12.5. The molecule has 0 saturated heterocycles. The normalized spacial score (nSPS) is 15.5. The van der Waals surface area contributed by atoms with Crippen LogP contribution < -0.4 is 0 Å². The number of imidazole rings is 1. The van der Waals surface area contributed by atoms with Gasteiger partial charge in [0.05, 0.1) is 24.5 Å². The molecular weight excluding hydrogens is 216 g/mol. The highest BCUT2D eigenvalue weighted by Gasteiger charge is 2.30. The van der Waals surface area contributed by atoms with Gasteiger partial charge in [-0.3, -0.25) is 4.79 Å². The number of rotatable bonds is 3. The predicted molar refractivity (Wildman–Crippen MR) is 64.7 cm³/mol. The molecule has 1 aliphatic rings. The fraction of sp³-hybridized carbons (Fsp3) is 0.692. The third-order valence-electron chi connectivity index (χ3n) is 3.41. The van der Waals surface area contributed by atoms with Crippen molar-refractivity contribution >= 4 is 5.97 Å². The Hall–Kier alpha value is -1.32. The van der Waals surface area contributed by atoms with E-state index in [0.717, 1.165) is 12.8 Å². The Morgan fingerprint density at radius 1 is 1.47 bits per heavy atom. The van der Waals surface area contributed by atoms with E-state index in [-0.39, 0.29) is 5.97 Å². The molecule has 2 rings (SSSR count). The monoisotopic (exact) mass is 236 g/mol. The van der Waals surface area contributed by atoms with E-state index in [0.29, 0.717) is 6.54 Å². The molecule has 1 aromatic heterocycles. The minimum absolute atomic E-state index is 0.171. The number of fused-ring (bicyclic) bond motifs is 1. The molecule has 0 fully saturated rings. The van der Waals surface area contributed by atoms with Gasteiger partial charge in [0.2, 0.25) is 0 Å². The number of aryl methyl sites for hydroxylation is 1. The molecule has 0 bridgehead atoms. The molecule has 1 aliphatic carbocycles. The van der Waals surface area contributed by atoms with Crippen LogP contribution in [0.2, 0.25) is 0 Å². The van der Waals surface area contributed by atoms with Crippen molar-refractivity contribution in [1.29, 1.82) is 0 Å². The quantitative estimate of drug-likeness (QED) is 0.754. The van der Waals surface area contributed by atoms with Crippen LogP contribution in [-0.2, 0) is 28.9 Å². The first kappa shape index (κ1) is 12.1. The van der Waals surface area contributed by atoms with Crippen molar-refractivity contribution in [1.82, 2.24) is 9.55 Å². The van der Waals surface area contributed by atoms with Crippen LogP contribution in [0.15, 0.2) is 6.33 Å². The number of nitrogens with zero attached hydrogens (tertiary/aromatic N) is 2. The van der Waals surface area contributed by atoms with Crippen molar-refractivity contribution in [3.8, 4) is 0 Å². The topological polar surface area (TPSA) is 44.1 Å². The van der Waals surface area contributed by atoms with Gasteiger partial charge < -0.3 is 9.30 Å². The summed E-state index contributed by atoms with van der Waals surface area (Å²) in [5, 5.41) is 0. The van der Waals surface area contributed by atoms with E-state index in [1.54, 1.807) is 0 Å². The van der Waals surface area contributed by atoms with Gasteiger partial charge in [0.25, 0.3) is 0 Å². The van der Waals surface area contributed by atoms with Crippen LogP contribution in [0.4, 0.5) is 0 Å². The lowest BCUT2D eigenvalue weighted by Crippen LogP contribution is -2.31. The number of aromatic nitrogens is 2. The van der Waals surface area contributed by atoms with Gasteiger partial charge in [0.1, 0.15) is 0 Å². The molecule has 0 aromatic carbocycles. The zero-order valence-corrected chi connectivity index (χ0v) is 10.8. The number of esters is 1. The Balaban J connectivity index is 2.19. The summed E-state index contributed by atoms with van der Waals surface area (Å²) in [4.78, 5) is 16.1. The van der Waals surface area contributed by atoms with E-state index in [1.165, 1.54) is 31.3 Å². The molecule has 0 unspecified atom stereocenters. The minimum atomic E-state index is -0.499. The number of hydrogen-bond donors (Lipinski definition) is 0. The van der Waals surface area contributed by atoms with Gasteiger partial charge >= 0.3 is 5.97 Å². The number of hydrogen-bond acceptors (Lipinski definition) is 3. The van der Waals surface area contributed by atoms with Crippen molar-refractivity contribution in [3.63, 3.8) is 0 Å². The molecule has 0 atom stereocenters. The Kier molecular flexibility index (Phi) is 3.22. The number of carbonyl (C=O) groups is 1. The molecule has 4 heteroatoms. The average Bonchev–Trinajstić information content (AvgIpc) is 2.71. The van der Waals surface area contributed by atoms with E-state index in [2.05, 4.69) is 9.55 Å². The molecule has 1 aromatic rings. The van der Waals surface area contributed by atoms with Crippen LogP contribution in [-0.4, -0.2) is 22.6 Å². The molecule has 94 valence electrons. The van der Waals surface area contributed by atoms with Crippen molar-refractivity contribution < 1.29 is 9.53 Å². The summed E-state index contributed by atoms with van der Waals surface area (Å²) in [6.07, 6.45) is 6.45. The molecule has 0 radical (unpaired) electrons. The van der Waals surface area contributed by atoms with E-state index < -0.39 is 5.41 Å². The van der Waals surface area contributed by atoms with E-state index >= 15 is 0 Å². The summed E-state index contributed by atoms with van der Waals surface area (Å²) >= 11 is 0. The van der Waals surface area contributed by atoms with Crippen molar-refractivity contribution in [2.75, 3.05) is 7.11 Å². The average molecular weight is 236 g/mol. The smallest absolute Gasteiger partial charge is 0.313 e. The maximum absolute atomic E-state index is 11.7. The van der Waals surface area contributed by atoms with E-state index in [1.807, 2.05) is 20.2 Å². The molecule has 4 nitrogen and oxygen atoms in total. The van der Waals surface area contributed by atoms with Gasteiger partial charge in [-0.15, -0.1) is 0 Å². The minimum Gasteiger partial charge on any atom is -0.469 e. The summed E-state index contributed by atoms with van der Waals surface area (Å²) in [6, 6.07) is 0. The molecule has 0 aliphatic heterocycles. The standard InChI is InChI=1S/C13H20N2O2/c1-13(2,12(16)17-3)8-15-9-14-10-6-4-5-7-11(10)15/h9H,4-8H2,1-3H3. The fourth-order valence-electron chi connectivity index (χ4n) is 2.43. The second kappa shape index (κ2) is 4.51. The SMILES string of the molecule is COC(=O)C(C)(C)Cn1cnc2c1CCCC2. The fourth-order valence-corrected chi connectivity index (χ4v) is 2.43. The Bertz CT molecular complexity index is 421. The first-order chi connectivity index (χ1) is 8.04. The van der Waals surface area contributed by atoms with Crippen molar-refractivity contribution in [3.05, 3.63) is 17.7 Å². The molecule has 1 heterocycles. The zero-order valence-electron chi connectivity index (χ0n) is 10.8. The summed E-state index contributed by atoms with van der Waals surface area (Å²) in [6.45, 7) is 4.46. The van der Waals surface area contributed by atoms with Crippen LogP contribution in [0, 0.1) is 5.41 Å². The number of ether oxygens (including phenoxy) is 1. The lowest BCUT2D eigenvalue weighted by atomic mass is 9.93. The third-order valence-corrected chi connectivity index (χ3v) is 3.41. The van der Waals surface area contributed by atoms with Gasteiger partial charge in [-0.05, 0) is 39.5 Å². The van der Waals surface area contributed by atoms with Crippen LogP contribution in [0.3, 0.4) is 0 Å². The molecule has 0 amide bonds. The summed E-state index contributed by atoms with van der Waals surface area (Å²) < 4.78 is 6.95. The lowest BCUT2D eigenvalue weighted by molar-refractivity contribution is -0.151. The third kappa shape index (κ3) is 2.35. The highest BCUT2D eigenvalue weighted by atomic mass is 16.5. The maximum atomic E-state index is 11.7. The lowest BCUT2D eigenvalue weighted by Gasteiger charge is -2.24. The van der Waals surface area contributed by atoms with Crippen molar-refractivity contribution in [2.45, 2.75) is 46.1 Å². The number of methoxy groups -OCH3 is 1. The largest absolute Gasteiger partial charge is 0.469 e. The van der Waals surface area contributed by atoms with Crippen LogP contribution in [0.5, 0.6) is 0 Å². The first-order valence-corrected chi connectivity index (χ1v) is 6.16. The predicted octanol–water partition coefficient (Wildman–Crippen LogP) is 1.96. The molecule has 0 N–H and O–H groups in total. The van der Waals surface area contributed by atoms with Crippen LogP contribution >= 0.6 is 0 Å². The number of carbonyl (C=O) groups excluding carboxylic acids is 1. The second-order valence-electron chi connectivity index (χ2n) is 5.35. The molecular formula is C13H20N2O2. The molecule has 0 saturated carbocycles. The Morgan fingerprint density at radius 3 is 2.88 bits per heavy atom. The van der Waals surface area contributed by atoms with Gasteiger partial charge in [0.15, 0.2) is 0 Å². The summed E-state index contributed by atoms with van der Waals surface area (Å²) in [5.41, 5.74) is 2.01. The summed E-state index contributed by atoms with van der Waals surface area (Å²) in [5.74, 6) is -0.171. The van der Waals surface area contributed by atoms with Crippen molar-refractivity contribution in [2.24, 2.45) is 5.41 Å². The van der Waals surface area contributed by atoms with E-state index in [4.69, 9.17) is 4.74 Å². The highest BCUT2D eigenvalue weighted by Crippen LogP contribution is 2.25. The van der Waals surface area contributed by atoms with Crippen LogP contribution in [0.1, 0.15) is 38.1 Å². The van der Waals surface area contributed by atoms with Gasteiger partial charge in [-0.25, -0.2) is 4.98 Å². The van der Waals surface area contributed by atoms with Gasteiger partial charge in [-0.1, -0.05) is 0 Å². The first-order valence-electron chi connectivity index (χ1n) is 6.16. The maximum Gasteiger partial charge on any atom is 0.313 e. The van der Waals surface area contributed by atoms with E-state index in [9.17, 15) is 4.79 Å². The highest BCUT2D eigenvalue weighted by molar-refractivity contribution is 5.75. The second-order valence-corrected chi connectivity index (χ2v) is 5.35. The molecule has 17 heavy (non-hydrogen) atoms. The molecule has 0 spiro atoms. The van der Waals surface area contributed by atoms with Gasteiger partial charge in [-0.2, -0.15) is 0 Å². The van der Waals surface area contributed by atoms with Gasteiger partial charge in [0, 0.05) is 12.2 Å². The Labute approximate surface area is 102 Å².